The number of thiocarbonyl (C=S) groups is 1. The van der Waals surface area contributed by atoms with Gasteiger partial charge in [-0.1, -0.05) is 18.2 Å². The highest BCUT2D eigenvalue weighted by molar-refractivity contribution is 7.80. The van der Waals surface area contributed by atoms with E-state index < -0.39 is 6.10 Å². The first-order valence-corrected chi connectivity index (χ1v) is 7.85. The van der Waals surface area contributed by atoms with E-state index in [0.717, 1.165) is 37.6 Å². The summed E-state index contributed by atoms with van der Waals surface area (Å²) in [5.74, 6) is 0. The third-order valence-corrected chi connectivity index (χ3v) is 3.81. The van der Waals surface area contributed by atoms with Crippen molar-refractivity contribution in [2.45, 2.75) is 6.10 Å². The van der Waals surface area contributed by atoms with Gasteiger partial charge in [0.25, 0.3) is 0 Å². The largest absolute Gasteiger partial charge is 0.387 e. The summed E-state index contributed by atoms with van der Waals surface area (Å²) in [7, 11) is 0. The van der Waals surface area contributed by atoms with Crippen LogP contribution in [-0.4, -0.2) is 49.6 Å². The van der Waals surface area contributed by atoms with Gasteiger partial charge in [0, 0.05) is 31.9 Å². The maximum atomic E-state index is 10.2. The predicted molar refractivity (Wildman–Crippen MR) is 93.2 cm³/mol. The minimum absolute atomic E-state index is 0.375. The molecule has 120 valence electrons. The number of nitrogens with zero attached hydrogens (tertiary/aromatic N) is 1. The Bertz CT molecular complexity index is 487. The first-order valence-electron chi connectivity index (χ1n) is 7.44. The fraction of sp³-hybridized carbons (Fsp3) is 0.438. The standard InChI is InChI=1S/C16H23N3O2S/c1-2-7-17-16(22)18-12-15(20)13-3-5-14(6-4-13)19-8-10-21-11-9-19/h2-6,15,20H,1,7-12H2,(H2,17,18,22). The Morgan fingerprint density at radius 2 is 2.00 bits per heavy atom. The van der Waals surface area contributed by atoms with E-state index in [1.165, 1.54) is 0 Å². The summed E-state index contributed by atoms with van der Waals surface area (Å²) >= 11 is 5.09. The molecule has 0 bridgehead atoms. The molecular weight excluding hydrogens is 298 g/mol. The van der Waals surface area contributed by atoms with Crippen LogP contribution in [0.25, 0.3) is 0 Å². The number of hydrogen-bond acceptors (Lipinski definition) is 4. The molecule has 1 unspecified atom stereocenters. The number of anilines is 1. The Hall–Kier alpha value is -1.63. The number of ether oxygens (including phenoxy) is 1. The van der Waals surface area contributed by atoms with E-state index in [2.05, 4.69) is 22.1 Å². The second-order valence-electron chi connectivity index (χ2n) is 5.09. The summed E-state index contributed by atoms with van der Waals surface area (Å²) in [4.78, 5) is 2.28. The minimum Gasteiger partial charge on any atom is -0.387 e. The molecule has 0 saturated carbocycles. The van der Waals surface area contributed by atoms with Gasteiger partial charge in [0.1, 0.15) is 0 Å². The van der Waals surface area contributed by atoms with E-state index in [1.54, 1.807) is 6.08 Å². The van der Waals surface area contributed by atoms with Crippen molar-refractivity contribution < 1.29 is 9.84 Å². The molecule has 0 radical (unpaired) electrons. The van der Waals surface area contributed by atoms with Crippen LogP contribution in [0.5, 0.6) is 0 Å². The molecular formula is C16H23N3O2S. The summed E-state index contributed by atoms with van der Waals surface area (Å²) in [5, 5.41) is 16.7. The van der Waals surface area contributed by atoms with Gasteiger partial charge in [-0.05, 0) is 29.9 Å². The third kappa shape index (κ3) is 4.98. The van der Waals surface area contributed by atoms with Crippen LogP contribution >= 0.6 is 12.2 Å². The second-order valence-corrected chi connectivity index (χ2v) is 5.49. The Balaban J connectivity index is 1.83. The third-order valence-electron chi connectivity index (χ3n) is 3.52. The normalized spacial score (nSPS) is 16.0. The molecule has 2 rings (SSSR count). The van der Waals surface area contributed by atoms with E-state index in [9.17, 15) is 5.11 Å². The topological polar surface area (TPSA) is 56.8 Å². The molecule has 1 fully saturated rings. The van der Waals surface area contributed by atoms with Gasteiger partial charge < -0.3 is 25.4 Å². The lowest BCUT2D eigenvalue weighted by Gasteiger charge is -2.29. The maximum Gasteiger partial charge on any atom is 0.166 e. The van der Waals surface area contributed by atoms with Crippen LogP contribution in [0.15, 0.2) is 36.9 Å². The Kier molecular flexibility index (Phi) is 6.64. The summed E-state index contributed by atoms with van der Waals surface area (Å²) in [5.41, 5.74) is 2.03. The molecule has 0 spiro atoms. The average molecular weight is 321 g/mol. The zero-order valence-electron chi connectivity index (χ0n) is 12.6. The lowest BCUT2D eigenvalue weighted by Crippen LogP contribution is -2.37. The van der Waals surface area contributed by atoms with Crippen LogP contribution in [-0.2, 0) is 4.74 Å². The van der Waals surface area contributed by atoms with Crippen LogP contribution in [0.2, 0.25) is 0 Å². The lowest BCUT2D eigenvalue weighted by molar-refractivity contribution is 0.122. The zero-order chi connectivity index (χ0) is 15.8. The van der Waals surface area contributed by atoms with Crippen molar-refractivity contribution in [2.75, 3.05) is 44.3 Å². The van der Waals surface area contributed by atoms with E-state index in [1.807, 2.05) is 24.3 Å². The van der Waals surface area contributed by atoms with Crippen LogP contribution in [0.1, 0.15) is 11.7 Å². The highest BCUT2D eigenvalue weighted by Gasteiger charge is 2.12. The van der Waals surface area contributed by atoms with E-state index in [-0.39, 0.29) is 0 Å². The van der Waals surface area contributed by atoms with Crippen molar-refractivity contribution in [3.63, 3.8) is 0 Å². The summed E-state index contributed by atoms with van der Waals surface area (Å²) in [6.45, 7) is 7.95. The van der Waals surface area contributed by atoms with Crippen molar-refractivity contribution in [1.82, 2.24) is 10.6 Å². The Labute approximate surface area is 137 Å². The number of aliphatic hydroxyl groups is 1. The zero-order valence-corrected chi connectivity index (χ0v) is 13.4. The predicted octanol–water partition coefficient (Wildman–Crippen LogP) is 1.21. The Morgan fingerprint density at radius 3 is 2.64 bits per heavy atom. The SMILES string of the molecule is C=CCNC(=S)NCC(O)c1ccc(N2CCOCC2)cc1. The Morgan fingerprint density at radius 1 is 1.32 bits per heavy atom. The molecule has 1 saturated heterocycles. The lowest BCUT2D eigenvalue weighted by atomic mass is 10.1. The molecule has 0 amide bonds. The van der Waals surface area contributed by atoms with Crippen LogP contribution in [0.4, 0.5) is 5.69 Å². The molecule has 0 aromatic heterocycles. The molecule has 3 N–H and O–H groups in total. The van der Waals surface area contributed by atoms with Crippen LogP contribution < -0.4 is 15.5 Å². The monoisotopic (exact) mass is 321 g/mol. The molecule has 6 heteroatoms. The molecule has 5 nitrogen and oxygen atoms in total. The fourth-order valence-corrected chi connectivity index (χ4v) is 2.43. The van der Waals surface area contributed by atoms with Crippen LogP contribution in [0, 0.1) is 0 Å². The van der Waals surface area contributed by atoms with Gasteiger partial charge in [0.05, 0.1) is 19.3 Å². The van der Waals surface area contributed by atoms with Crippen LogP contribution in [0.3, 0.4) is 0 Å². The van der Waals surface area contributed by atoms with Gasteiger partial charge in [0.15, 0.2) is 5.11 Å². The van der Waals surface area contributed by atoms with Gasteiger partial charge in [0.2, 0.25) is 0 Å². The van der Waals surface area contributed by atoms with Gasteiger partial charge >= 0.3 is 0 Å². The van der Waals surface area contributed by atoms with E-state index in [0.29, 0.717) is 18.2 Å². The van der Waals surface area contributed by atoms with Gasteiger partial charge in [-0.3, -0.25) is 0 Å². The van der Waals surface area contributed by atoms with Crippen molar-refractivity contribution in [3.8, 4) is 0 Å². The maximum absolute atomic E-state index is 10.2. The summed E-state index contributed by atoms with van der Waals surface area (Å²) in [6, 6.07) is 7.99. The number of hydrogen-bond donors (Lipinski definition) is 3. The number of nitrogens with one attached hydrogen (secondary N) is 2. The van der Waals surface area contributed by atoms with E-state index in [4.69, 9.17) is 17.0 Å². The molecule has 1 aliphatic rings. The second kappa shape index (κ2) is 8.73. The first kappa shape index (κ1) is 16.7. The van der Waals surface area contributed by atoms with Crippen molar-refractivity contribution in [3.05, 3.63) is 42.5 Å². The van der Waals surface area contributed by atoms with Crippen molar-refractivity contribution >= 4 is 23.0 Å². The summed E-state index contributed by atoms with van der Waals surface area (Å²) in [6.07, 6.45) is 1.14. The highest BCUT2D eigenvalue weighted by atomic mass is 32.1. The van der Waals surface area contributed by atoms with Gasteiger partial charge in [-0.25, -0.2) is 0 Å². The highest BCUT2D eigenvalue weighted by Crippen LogP contribution is 2.19. The smallest absolute Gasteiger partial charge is 0.166 e. The number of benzene rings is 1. The quantitative estimate of drug-likeness (QED) is 0.541. The molecule has 1 atom stereocenters. The van der Waals surface area contributed by atoms with Crippen molar-refractivity contribution in [2.24, 2.45) is 0 Å². The van der Waals surface area contributed by atoms with Gasteiger partial charge in [-0.15, -0.1) is 6.58 Å². The molecule has 1 heterocycles. The summed E-state index contributed by atoms with van der Waals surface area (Å²) < 4.78 is 5.35. The minimum atomic E-state index is -0.595. The fourth-order valence-electron chi connectivity index (χ4n) is 2.26. The number of aliphatic hydroxyl groups excluding tert-OH is 1. The number of rotatable bonds is 6. The molecule has 0 aliphatic carbocycles. The molecule has 22 heavy (non-hydrogen) atoms. The number of morpholine rings is 1. The molecule has 1 aromatic rings. The van der Waals surface area contributed by atoms with Gasteiger partial charge in [-0.2, -0.15) is 0 Å². The molecule has 1 aromatic carbocycles. The first-order chi connectivity index (χ1) is 10.7. The van der Waals surface area contributed by atoms with Crippen molar-refractivity contribution in [1.29, 1.82) is 0 Å². The molecule has 1 aliphatic heterocycles. The average Bonchev–Trinajstić information content (AvgIpc) is 2.58. The van der Waals surface area contributed by atoms with E-state index >= 15 is 0 Å².